The van der Waals surface area contributed by atoms with Gasteiger partial charge in [-0.1, -0.05) is 19.9 Å². The number of carbonyl (C=O) groups excluding carboxylic acids is 2. The number of allylic oxidation sites excluding steroid dienone is 6. The number of rotatable bonds is 1. The summed E-state index contributed by atoms with van der Waals surface area (Å²) < 4.78 is 32.0. The summed E-state index contributed by atoms with van der Waals surface area (Å²) in [6.45, 7) is 5.26. The van der Waals surface area contributed by atoms with Gasteiger partial charge in [-0.15, -0.1) is 0 Å². The maximum Gasteiger partial charge on any atom is 0.184 e. The molecule has 0 heterocycles. The Morgan fingerprint density at radius 3 is 2.61 bits per heavy atom. The Morgan fingerprint density at radius 1 is 1.29 bits per heavy atom. The molecule has 28 heavy (non-hydrogen) atoms. The Morgan fingerprint density at radius 2 is 1.96 bits per heavy atom. The number of ketones is 1. The fraction of sp³-hybridized carbons (Fsp3) is 0.636. The van der Waals surface area contributed by atoms with Gasteiger partial charge in [0.25, 0.3) is 0 Å². The first-order valence-corrected chi connectivity index (χ1v) is 9.85. The summed E-state index contributed by atoms with van der Waals surface area (Å²) >= 11 is 0. The number of aliphatic hydroxyl groups excluding tert-OH is 2. The minimum Gasteiger partial charge on any atom is -0.505 e. The number of halogens is 2. The lowest BCUT2D eigenvalue weighted by atomic mass is 9.45. The van der Waals surface area contributed by atoms with Gasteiger partial charge in [0.05, 0.1) is 6.10 Å². The second kappa shape index (κ2) is 5.85. The Kier molecular flexibility index (Phi) is 4.07. The number of aliphatic hydroxyl groups is 2. The third-order valence-corrected chi connectivity index (χ3v) is 8.12. The van der Waals surface area contributed by atoms with E-state index in [-0.39, 0.29) is 41.8 Å². The molecular formula is C22H26F2O4. The summed E-state index contributed by atoms with van der Waals surface area (Å²) in [7, 11) is 0. The molecule has 0 radical (unpaired) electrons. The zero-order valence-electron chi connectivity index (χ0n) is 16.3. The number of aldehydes is 1. The molecule has 0 aromatic rings. The van der Waals surface area contributed by atoms with E-state index in [1.165, 1.54) is 18.2 Å². The van der Waals surface area contributed by atoms with Gasteiger partial charge in [0.1, 0.15) is 6.17 Å². The molecule has 0 aromatic heterocycles. The molecule has 0 amide bonds. The predicted molar refractivity (Wildman–Crippen MR) is 98.9 cm³/mol. The molecule has 3 saturated carbocycles. The van der Waals surface area contributed by atoms with Crippen LogP contribution in [0.25, 0.3) is 0 Å². The SMILES string of the molecule is C[C@@H]1C[C@H]2[C@@H]3C[C@H](F)C4=CC(=O)C=C[C@]4(C)[C@@]3(F)[C@@H](O)C[C@]2(C)/C1=C(\O)C=O. The van der Waals surface area contributed by atoms with Gasteiger partial charge in [0, 0.05) is 11.3 Å². The van der Waals surface area contributed by atoms with Gasteiger partial charge in [-0.25, -0.2) is 8.78 Å². The van der Waals surface area contributed by atoms with Gasteiger partial charge in [-0.05, 0) is 66.7 Å². The number of alkyl halides is 2. The summed E-state index contributed by atoms with van der Waals surface area (Å²) in [5.74, 6) is -2.02. The van der Waals surface area contributed by atoms with Crippen LogP contribution in [0.15, 0.2) is 35.1 Å². The minimum atomic E-state index is -2.13. The van der Waals surface area contributed by atoms with Crippen molar-refractivity contribution < 1.29 is 28.6 Å². The molecule has 2 N–H and O–H groups in total. The quantitative estimate of drug-likeness (QED) is 0.407. The zero-order valence-corrected chi connectivity index (χ0v) is 16.3. The van der Waals surface area contributed by atoms with E-state index in [0.29, 0.717) is 18.3 Å². The third kappa shape index (κ3) is 2.13. The van der Waals surface area contributed by atoms with E-state index in [0.717, 1.165) is 0 Å². The summed E-state index contributed by atoms with van der Waals surface area (Å²) in [4.78, 5) is 23.0. The van der Waals surface area contributed by atoms with Crippen molar-refractivity contribution in [1.29, 1.82) is 0 Å². The van der Waals surface area contributed by atoms with E-state index in [1.807, 2.05) is 13.8 Å². The molecule has 8 atom stereocenters. The molecule has 0 aliphatic heterocycles. The Balaban J connectivity index is 1.88. The molecule has 4 aliphatic carbocycles. The van der Waals surface area contributed by atoms with Gasteiger partial charge in [-0.2, -0.15) is 0 Å². The van der Waals surface area contributed by atoms with Crippen molar-refractivity contribution in [2.45, 2.75) is 58.0 Å². The summed E-state index contributed by atoms with van der Waals surface area (Å²) in [6.07, 6.45) is 1.74. The van der Waals surface area contributed by atoms with Crippen LogP contribution in [-0.4, -0.2) is 40.2 Å². The van der Waals surface area contributed by atoms with Crippen molar-refractivity contribution >= 4 is 12.1 Å². The highest BCUT2D eigenvalue weighted by Crippen LogP contribution is 2.70. The number of hydrogen-bond donors (Lipinski definition) is 2. The molecule has 0 aromatic carbocycles. The molecule has 6 heteroatoms. The molecule has 0 unspecified atom stereocenters. The van der Waals surface area contributed by atoms with Gasteiger partial charge >= 0.3 is 0 Å². The summed E-state index contributed by atoms with van der Waals surface area (Å²) in [6, 6.07) is 0. The summed E-state index contributed by atoms with van der Waals surface area (Å²) in [5, 5.41) is 21.3. The molecule has 0 saturated heterocycles. The molecule has 4 nitrogen and oxygen atoms in total. The second-order valence-corrected chi connectivity index (χ2v) is 9.41. The average Bonchev–Trinajstić information content (AvgIpc) is 2.89. The second-order valence-electron chi connectivity index (χ2n) is 9.41. The number of fused-ring (bicyclic) bond motifs is 5. The van der Waals surface area contributed by atoms with Crippen LogP contribution in [0.3, 0.4) is 0 Å². The van der Waals surface area contributed by atoms with E-state index in [9.17, 15) is 19.8 Å². The molecule has 0 spiro atoms. The van der Waals surface area contributed by atoms with Gasteiger partial charge in [0.2, 0.25) is 0 Å². The van der Waals surface area contributed by atoms with Crippen LogP contribution in [0.1, 0.15) is 40.0 Å². The van der Waals surface area contributed by atoms with Crippen LogP contribution in [0.2, 0.25) is 0 Å². The Hall–Kier alpha value is -1.82. The first kappa shape index (κ1) is 19.5. The normalized spacial score (nSPS) is 51.7. The highest BCUT2D eigenvalue weighted by molar-refractivity contribution is 6.01. The van der Waals surface area contributed by atoms with Crippen molar-refractivity contribution in [2.24, 2.45) is 28.6 Å². The average molecular weight is 392 g/mol. The van der Waals surface area contributed by atoms with Crippen LogP contribution in [0.5, 0.6) is 0 Å². The van der Waals surface area contributed by atoms with Crippen molar-refractivity contribution in [2.75, 3.05) is 0 Å². The molecule has 4 aliphatic rings. The molecule has 152 valence electrons. The van der Waals surface area contributed by atoms with E-state index in [1.54, 1.807) is 6.92 Å². The molecule has 4 rings (SSSR count). The van der Waals surface area contributed by atoms with Crippen LogP contribution in [-0.2, 0) is 9.59 Å². The van der Waals surface area contributed by atoms with E-state index in [4.69, 9.17) is 0 Å². The lowest BCUT2D eigenvalue weighted by Gasteiger charge is -2.61. The fourth-order valence-corrected chi connectivity index (χ4v) is 6.97. The van der Waals surface area contributed by atoms with Crippen LogP contribution in [0, 0.1) is 28.6 Å². The monoisotopic (exact) mass is 392 g/mol. The van der Waals surface area contributed by atoms with Gasteiger partial charge in [-0.3, -0.25) is 9.59 Å². The summed E-state index contributed by atoms with van der Waals surface area (Å²) in [5.41, 5.74) is -3.69. The molecular weight excluding hydrogens is 366 g/mol. The van der Waals surface area contributed by atoms with Crippen LogP contribution in [0.4, 0.5) is 8.78 Å². The first-order chi connectivity index (χ1) is 13.0. The third-order valence-electron chi connectivity index (χ3n) is 8.12. The highest BCUT2D eigenvalue weighted by atomic mass is 19.1. The highest BCUT2D eigenvalue weighted by Gasteiger charge is 2.72. The molecule has 3 fully saturated rings. The van der Waals surface area contributed by atoms with E-state index in [2.05, 4.69) is 0 Å². The maximum atomic E-state index is 16.8. The first-order valence-electron chi connectivity index (χ1n) is 9.85. The van der Waals surface area contributed by atoms with Crippen molar-refractivity contribution in [3.63, 3.8) is 0 Å². The van der Waals surface area contributed by atoms with Crippen LogP contribution >= 0.6 is 0 Å². The fourth-order valence-electron chi connectivity index (χ4n) is 6.97. The van der Waals surface area contributed by atoms with Gasteiger partial charge < -0.3 is 10.2 Å². The maximum absolute atomic E-state index is 16.8. The molecule has 0 bridgehead atoms. The Labute approximate surface area is 163 Å². The largest absolute Gasteiger partial charge is 0.505 e. The number of hydrogen-bond acceptors (Lipinski definition) is 4. The number of carbonyl (C=O) groups is 2. The van der Waals surface area contributed by atoms with Crippen molar-refractivity contribution in [1.82, 2.24) is 0 Å². The van der Waals surface area contributed by atoms with Crippen molar-refractivity contribution in [3.05, 3.63) is 35.1 Å². The zero-order chi connectivity index (χ0) is 20.6. The lowest BCUT2D eigenvalue weighted by molar-refractivity contribution is -0.191. The topological polar surface area (TPSA) is 74.6 Å². The van der Waals surface area contributed by atoms with E-state index >= 15 is 8.78 Å². The Bertz CT molecular complexity index is 845. The smallest absolute Gasteiger partial charge is 0.184 e. The standard InChI is InChI=1S/C22H26F2O4/c1-11-6-13-14-8-16(23)15-7-12(26)4-5-21(15,3)22(14,24)18(28)9-20(13,2)19(11)17(27)10-25/h4-5,7,10-11,13-14,16,18,27-28H,6,8-9H2,1-3H3/b19-17-/t11-,13+,14+,16+,18+,20+,21+,22+/m1/s1. The minimum absolute atomic E-state index is 0.0316. The van der Waals surface area contributed by atoms with Gasteiger partial charge in [0.15, 0.2) is 23.5 Å². The predicted octanol–water partition coefficient (Wildman–Crippen LogP) is 3.56. The lowest BCUT2D eigenvalue weighted by Crippen LogP contribution is -2.67. The van der Waals surface area contributed by atoms with Crippen molar-refractivity contribution in [3.8, 4) is 0 Å². The van der Waals surface area contributed by atoms with Crippen LogP contribution < -0.4 is 0 Å². The van der Waals surface area contributed by atoms with E-state index < -0.39 is 34.7 Å².